The Morgan fingerprint density at radius 3 is 2.27 bits per heavy atom. The van der Waals surface area contributed by atoms with E-state index in [1.54, 1.807) is 30.3 Å². The standard InChI is InChI=1S/C30H34N2O5/c1-19(2)25-14-9-20(3)17-27(25)37-24-12-10-23(11-13-24)31-28(33)15-16-30(35)36-18-29(34)32-26-8-6-7-21(4)22(26)5/h6-14,17,19H,15-16,18H2,1-5H3,(H,31,33)(H,32,34). The first-order valence-corrected chi connectivity index (χ1v) is 12.3. The van der Waals surface area contributed by atoms with Crippen molar-refractivity contribution in [2.45, 2.75) is 53.4 Å². The Hall–Kier alpha value is -4.13. The van der Waals surface area contributed by atoms with Gasteiger partial charge in [0.25, 0.3) is 5.91 Å². The van der Waals surface area contributed by atoms with Crippen LogP contribution >= 0.6 is 0 Å². The van der Waals surface area contributed by atoms with Crippen molar-refractivity contribution >= 4 is 29.2 Å². The van der Waals surface area contributed by atoms with Gasteiger partial charge >= 0.3 is 5.97 Å². The Morgan fingerprint density at radius 1 is 0.838 bits per heavy atom. The topological polar surface area (TPSA) is 93.7 Å². The summed E-state index contributed by atoms with van der Waals surface area (Å²) >= 11 is 0. The molecule has 0 spiro atoms. The summed E-state index contributed by atoms with van der Waals surface area (Å²) in [5, 5.41) is 5.48. The maximum atomic E-state index is 12.3. The SMILES string of the molecule is Cc1ccc(C(C)C)c(Oc2ccc(NC(=O)CCC(=O)OCC(=O)Nc3cccc(C)c3C)cc2)c1. The number of amides is 2. The maximum Gasteiger partial charge on any atom is 0.306 e. The normalized spacial score (nSPS) is 10.6. The van der Waals surface area contributed by atoms with Crippen LogP contribution < -0.4 is 15.4 Å². The van der Waals surface area contributed by atoms with Crippen molar-refractivity contribution in [3.63, 3.8) is 0 Å². The molecule has 37 heavy (non-hydrogen) atoms. The lowest BCUT2D eigenvalue weighted by molar-refractivity contribution is -0.147. The van der Waals surface area contributed by atoms with E-state index in [-0.39, 0.29) is 18.7 Å². The van der Waals surface area contributed by atoms with E-state index in [1.807, 2.05) is 39.0 Å². The minimum absolute atomic E-state index is 0.0588. The zero-order valence-electron chi connectivity index (χ0n) is 22.0. The van der Waals surface area contributed by atoms with E-state index in [1.165, 1.54) is 0 Å². The monoisotopic (exact) mass is 502 g/mol. The quantitative estimate of drug-likeness (QED) is 0.312. The molecule has 0 heterocycles. The lowest BCUT2D eigenvalue weighted by atomic mass is 10.0. The lowest BCUT2D eigenvalue weighted by Gasteiger charge is -2.15. The lowest BCUT2D eigenvalue weighted by Crippen LogP contribution is -2.22. The van der Waals surface area contributed by atoms with Crippen LogP contribution in [-0.4, -0.2) is 24.4 Å². The van der Waals surface area contributed by atoms with Gasteiger partial charge in [0.05, 0.1) is 6.42 Å². The van der Waals surface area contributed by atoms with Gasteiger partial charge in [0.1, 0.15) is 11.5 Å². The molecule has 0 aromatic heterocycles. The smallest absolute Gasteiger partial charge is 0.306 e. The molecule has 2 amide bonds. The molecule has 3 rings (SSSR count). The minimum Gasteiger partial charge on any atom is -0.457 e. The molecule has 0 saturated carbocycles. The molecule has 7 heteroatoms. The summed E-state index contributed by atoms with van der Waals surface area (Å²) < 4.78 is 11.1. The third-order valence-corrected chi connectivity index (χ3v) is 5.96. The molecule has 0 radical (unpaired) electrons. The Labute approximate surface area is 218 Å². The number of esters is 1. The molecule has 0 unspecified atom stereocenters. The Kier molecular flexibility index (Phi) is 9.44. The molecule has 0 aliphatic rings. The highest BCUT2D eigenvalue weighted by Gasteiger charge is 2.13. The first kappa shape index (κ1) is 27.5. The highest BCUT2D eigenvalue weighted by molar-refractivity contribution is 5.95. The molecule has 0 aliphatic heterocycles. The second kappa shape index (κ2) is 12.7. The van der Waals surface area contributed by atoms with E-state index in [2.05, 4.69) is 36.6 Å². The predicted octanol–water partition coefficient (Wildman–Crippen LogP) is 6.43. The van der Waals surface area contributed by atoms with Crippen molar-refractivity contribution in [3.8, 4) is 11.5 Å². The maximum absolute atomic E-state index is 12.3. The highest BCUT2D eigenvalue weighted by atomic mass is 16.5. The number of anilines is 2. The fraction of sp³-hybridized carbons (Fsp3) is 0.300. The van der Waals surface area contributed by atoms with E-state index in [4.69, 9.17) is 9.47 Å². The zero-order chi connectivity index (χ0) is 26.9. The van der Waals surface area contributed by atoms with Crippen molar-refractivity contribution < 1.29 is 23.9 Å². The Bertz CT molecular complexity index is 1270. The highest BCUT2D eigenvalue weighted by Crippen LogP contribution is 2.32. The predicted molar refractivity (Wildman–Crippen MR) is 145 cm³/mol. The summed E-state index contributed by atoms with van der Waals surface area (Å²) in [5.74, 6) is 0.425. The zero-order valence-corrected chi connectivity index (χ0v) is 22.0. The van der Waals surface area contributed by atoms with Gasteiger partial charge in [-0.1, -0.05) is 38.1 Å². The summed E-state index contributed by atoms with van der Waals surface area (Å²) in [7, 11) is 0. The summed E-state index contributed by atoms with van der Waals surface area (Å²) in [5.41, 5.74) is 5.51. The molecule has 194 valence electrons. The summed E-state index contributed by atoms with van der Waals surface area (Å²) in [4.78, 5) is 36.4. The van der Waals surface area contributed by atoms with Gasteiger partial charge in [-0.05, 0) is 85.3 Å². The summed E-state index contributed by atoms with van der Waals surface area (Å²) in [6, 6.07) is 18.8. The third-order valence-electron chi connectivity index (χ3n) is 5.96. The number of hydrogen-bond acceptors (Lipinski definition) is 5. The van der Waals surface area contributed by atoms with Crippen LogP contribution in [0.1, 0.15) is 54.9 Å². The van der Waals surface area contributed by atoms with Gasteiger partial charge in [-0.3, -0.25) is 14.4 Å². The molecule has 0 saturated heterocycles. The number of rotatable bonds is 10. The first-order chi connectivity index (χ1) is 17.6. The number of nitrogens with one attached hydrogen (secondary N) is 2. The second-order valence-electron chi connectivity index (χ2n) is 9.33. The molecular formula is C30H34N2O5. The number of benzene rings is 3. The van der Waals surface area contributed by atoms with E-state index in [0.717, 1.165) is 28.0 Å². The van der Waals surface area contributed by atoms with Crippen molar-refractivity contribution in [2.24, 2.45) is 0 Å². The molecule has 2 N–H and O–H groups in total. The van der Waals surface area contributed by atoms with Crippen molar-refractivity contribution in [1.82, 2.24) is 0 Å². The van der Waals surface area contributed by atoms with E-state index in [9.17, 15) is 14.4 Å². The van der Waals surface area contributed by atoms with Crippen LogP contribution in [0.4, 0.5) is 11.4 Å². The van der Waals surface area contributed by atoms with Crippen LogP contribution in [0, 0.1) is 20.8 Å². The van der Waals surface area contributed by atoms with Crippen LogP contribution in [0.5, 0.6) is 11.5 Å². The molecule has 0 fully saturated rings. The van der Waals surface area contributed by atoms with Crippen molar-refractivity contribution in [2.75, 3.05) is 17.2 Å². The van der Waals surface area contributed by atoms with Crippen molar-refractivity contribution in [3.05, 3.63) is 82.9 Å². The molecule has 3 aromatic carbocycles. The molecular weight excluding hydrogens is 468 g/mol. The number of aryl methyl sites for hydroxylation is 2. The third kappa shape index (κ3) is 8.20. The van der Waals surface area contributed by atoms with Crippen LogP contribution in [0.2, 0.25) is 0 Å². The van der Waals surface area contributed by atoms with E-state index in [0.29, 0.717) is 23.0 Å². The van der Waals surface area contributed by atoms with Gasteiger partial charge in [0.2, 0.25) is 5.91 Å². The number of carbonyl (C=O) groups is 3. The molecule has 3 aromatic rings. The van der Waals surface area contributed by atoms with Crippen LogP contribution in [0.3, 0.4) is 0 Å². The fourth-order valence-electron chi connectivity index (χ4n) is 3.67. The van der Waals surface area contributed by atoms with Crippen LogP contribution in [0.25, 0.3) is 0 Å². The molecule has 0 bridgehead atoms. The summed E-state index contributed by atoms with van der Waals surface area (Å²) in [6.07, 6.45) is -0.189. The fourth-order valence-corrected chi connectivity index (χ4v) is 3.67. The van der Waals surface area contributed by atoms with Gasteiger partial charge in [-0.25, -0.2) is 0 Å². The van der Waals surface area contributed by atoms with E-state index >= 15 is 0 Å². The molecule has 7 nitrogen and oxygen atoms in total. The van der Waals surface area contributed by atoms with Crippen molar-refractivity contribution in [1.29, 1.82) is 0 Å². The second-order valence-corrected chi connectivity index (χ2v) is 9.33. The van der Waals surface area contributed by atoms with Gasteiger partial charge in [-0.15, -0.1) is 0 Å². The average molecular weight is 503 g/mol. The van der Waals surface area contributed by atoms with Gasteiger partial charge < -0.3 is 20.1 Å². The Balaban J connectivity index is 1.43. The van der Waals surface area contributed by atoms with Gasteiger partial charge in [0, 0.05) is 17.8 Å². The largest absolute Gasteiger partial charge is 0.457 e. The van der Waals surface area contributed by atoms with E-state index < -0.39 is 18.5 Å². The van der Waals surface area contributed by atoms with Crippen LogP contribution in [-0.2, 0) is 19.1 Å². The summed E-state index contributed by atoms with van der Waals surface area (Å²) in [6.45, 7) is 9.70. The van der Waals surface area contributed by atoms with Crippen LogP contribution in [0.15, 0.2) is 60.7 Å². The van der Waals surface area contributed by atoms with Gasteiger partial charge in [0.15, 0.2) is 6.61 Å². The molecule has 0 atom stereocenters. The Morgan fingerprint density at radius 2 is 1.57 bits per heavy atom. The molecule has 0 aliphatic carbocycles. The first-order valence-electron chi connectivity index (χ1n) is 12.3. The number of hydrogen-bond donors (Lipinski definition) is 2. The average Bonchev–Trinajstić information content (AvgIpc) is 2.85. The van der Waals surface area contributed by atoms with Gasteiger partial charge in [-0.2, -0.15) is 0 Å². The minimum atomic E-state index is -0.617. The number of carbonyl (C=O) groups excluding carboxylic acids is 3. The number of ether oxygens (including phenoxy) is 2.